The first-order valence-corrected chi connectivity index (χ1v) is 12.3. The molecule has 2 fully saturated rings. The Hall–Kier alpha value is -3.05. The number of pyridine rings is 1. The van der Waals surface area contributed by atoms with Crippen molar-refractivity contribution in [2.75, 3.05) is 10.6 Å². The van der Waals surface area contributed by atoms with Crippen molar-refractivity contribution in [3.8, 4) is 0 Å². The van der Waals surface area contributed by atoms with Gasteiger partial charge < -0.3 is 15.7 Å². The molecule has 2 unspecified atom stereocenters. The van der Waals surface area contributed by atoms with Crippen LogP contribution in [0.5, 0.6) is 0 Å². The molecule has 2 atom stereocenters. The van der Waals surface area contributed by atoms with Gasteiger partial charge in [0.1, 0.15) is 5.82 Å². The molecule has 5 nitrogen and oxygen atoms in total. The van der Waals surface area contributed by atoms with Crippen LogP contribution < -0.4 is 10.6 Å². The molecule has 0 saturated heterocycles. The molecular weight excluding hydrogens is 446 g/mol. The summed E-state index contributed by atoms with van der Waals surface area (Å²) in [6.45, 7) is 4.77. The monoisotopic (exact) mass is 475 g/mol. The molecule has 2 aliphatic rings. The highest BCUT2D eigenvalue weighted by molar-refractivity contribution is 6.33. The molecule has 6 heteroatoms. The number of carbonyl (C=O) groups is 1. The van der Waals surface area contributed by atoms with Crippen LogP contribution in [0.1, 0.15) is 55.6 Å². The number of carboxylic acid groups (broad SMARTS) is 1. The van der Waals surface area contributed by atoms with Gasteiger partial charge in [-0.15, -0.1) is 0 Å². The fourth-order valence-electron chi connectivity index (χ4n) is 6.34. The zero-order valence-corrected chi connectivity index (χ0v) is 20.3. The van der Waals surface area contributed by atoms with E-state index < -0.39 is 5.97 Å². The van der Waals surface area contributed by atoms with Gasteiger partial charge in [0.2, 0.25) is 0 Å². The van der Waals surface area contributed by atoms with Gasteiger partial charge in [-0.2, -0.15) is 0 Å². The van der Waals surface area contributed by atoms with Crippen molar-refractivity contribution in [1.82, 2.24) is 4.98 Å². The minimum absolute atomic E-state index is 0.00108. The quantitative estimate of drug-likeness (QED) is 0.341. The van der Waals surface area contributed by atoms with Gasteiger partial charge in [0.15, 0.2) is 5.69 Å². The standard InChI is InChI=1S/C28H30ClN3O2/c1-17-11-20-12-18(2)16-28(20,15-17)19-9-10-24(23(29)13-19)30-21-5-3-6-22(14-21)31-26-8-4-7-25(32-26)27(33)34/h3-10,13-14,17-18,20,30H,11-12,15-16H2,1-2H3,(H,31,32)(H,33,34). The summed E-state index contributed by atoms with van der Waals surface area (Å²) in [5, 5.41) is 16.5. The molecule has 0 spiro atoms. The molecule has 0 radical (unpaired) electrons. The number of nitrogens with zero attached hydrogens (tertiary/aromatic N) is 1. The Balaban J connectivity index is 1.34. The zero-order chi connectivity index (χ0) is 23.9. The molecule has 5 rings (SSSR count). The van der Waals surface area contributed by atoms with Crippen LogP contribution in [0.4, 0.5) is 22.9 Å². The fraction of sp³-hybridized carbons (Fsp3) is 0.357. The average Bonchev–Trinajstić information content (AvgIpc) is 3.27. The minimum atomic E-state index is -1.05. The molecule has 3 aromatic rings. The predicted octanol–water partition coefficient (Wildman–Crippen LogP) is 7.63. The first kappa shape index (κ1) is 22.7. The van der Waals surface area contributed by atoms with Crippen molar-refractivity contribution in [1.29, 1.82) is 0 Å². The van der Waals surface area contributed by atoms with Gasteiger partial charge in [-0.05, 0) is 96.9 Å². The number of fused-ring (bicyclic) bond motifs is 1. The highest BCUT2D eigenvalue weighted by Gasteiger charge is 2.51. The topological polar surface area (TPSA) is 74.2 Å². The highest BCUT2D eigenvalue weighted by atomic mass is 35.5. The maximum atomic E-state index is 11.2. The van der Waals surface area contributed by atoms with Crippen LogP contribution in [-0.2, 0) is 5.41 Å². The van der Waals surface area contributed by atoms with E-state index in [0.717, 1.165) is 39.8 Å². The van der Waals surface area contributed by atoms with Crippen molar-refractivity contribution in [3.05, 3.63) is 76.9 Å². The Bertz CT molecular complexity index is 1210. The van der Waals surface area contributed by atoms with Crippen molar-refractivity contribution in [3.63, 3.8) is 0 Å². The largest absolute Gasteiger partial charge is 0.477 e. The summed E-state index contributed by atoms with van der Waals surface area (Å²) in [4.78, 5) is 15.3. The number of aromatic nitrogens is 1. The molecule has 176 valence electrons. The summed E-state index contributed by atoms with van der Waals surface area (Å²) in [6, 6.07) is 19.2. The average molecular weight is 476 g/mol. The summed E-state index contributed by atoms with van der Waals surface area (Å²) in [7, 11) is 0. The Morgan fingerprint density at radius 1 is 0.971 bits per heavy atom. The smallest absolute Gasteiger partial charge is 0.354 e. The first-order valence-electron chi connectivity index (χ1n) is 12.0. The number of hydrogen-bond donors (Lipinski definition) is 3. The van der Waals surface area contributed by atoms with Crippen LogP contribution in [0, 0.1) is 17.8 Å². The second-order valence-corrected chi connectivity index (χ2v) is 10.6. The predicted molar refractivity (Wildman–Crippen MR) is 138 cm³/mol. The van der Waals surface area contributed by atoms with E-state index in [1.54, 1.807) is 12.1 Å². The molecular formula is C28H30ClN3O2. The molecule has 1 aromatic heterocycles. The third kappa shape index (κ3) is 4.37. The van der Waals surface area contributed by atoms with Crippen LogP contribution in [0.25, 0.3) is 0 Å². The van der Waals surface area contributed by atoms with E-state index in [4.69, 9.17) is 16.7 Å². The van der Waals surface area contributed by atoms with Gasteiger partial charge in [-0.3, -0.25) is 0 Å². The Kier molecular flexibility index (Phi) is 5.98. The molecule has 0 bridgehead atoms. The van der Waals surface area contributed by atoms with E-state index in [9.17, 15) is 4.79 Å². The second kappa shape index (κ2) is 8.95. The third-order valence-electron chi connectivity index (χ3n) is 7.51. The van der Waals surface area contributed by atoms with Crippen LogP contribution in [0.3, 0.4) is 0 Å². The minimum Gasteiger partial charge on any atom is -0.477 e. The van der Waals surface area contributed by atoms with Crippen LogP contribution in [-0.4, -0.2) is 16.1 Å². The van der Waals surface area contributed by atoms with Crippen molar-refractivity contribution in [2.45, 2.75) is 44.9 Å². The van der Waals surface area contributed by atoms with Crippen LogP contribution in [0.2, 0.25) is 5.02 Å². The normalized spacial score (nSPS) is 25.7. The summed E-state index contributed by atoms with van der Waals surface area (Å²) in [5.41, 5.74) is 4.23. The van der Waals surface area contributed by atoms with Crippen LogP contribution in [0.15, 0.2) is 60.7 Å². The number of carboxylic acids is 1. The Labute approximate surface area is 205 Å². The molecule has 34 heavy (non-hydrogen) atoms. The number of anilines is 4. The van der Waals surface area contributed by atoms with Gasteiger partial charge in [-0.1, -0.05) is 43.6 Å². The lowest BCUT2D eigenvalue weighted by Crippen LogP contribution is -2.25. The number of aromatic carboxylic acids is 1. The van der Waals surface area contributed by atoms with E-state index in [0.29, 0.717) is 5.82 Å². The summed E-state index contributed by atoms with van der Waals surface area (Å²) < 4.78 is 0. The second-order valence-electron chi connectivity index (χ2n) is 10.2. The van der Waals surface area contributed by atoms with Gasteiger partial charge in [0.05, 0.1) is 10.7 Å². The zero-order valence-electron chi connectivity index (χ0n) is 19.5. The van der Waals surface area contributed by atoms with E-state index in [1.165, 1.54) is 37.3 Å². The van der Waals surface area contributed by atoms with Gasteiger partial charge >= 0.3 is 5.97 Å². The van der Waals surface area contributed by atoms with Crippen LogP contribution >= 0.6 is 11.6 Å². The van der Waals surface area contributed by atoms with E-state index in [-0.39, 0.29) is 11.1 Å². The number of benzene rings is 2. The molecule has 0 amide bonds. The maximum Gasteiger partial charge on any atom is 0.354 e. The van der Waals surface area contributed by atoms with Crippen molar-refractivity contribution in [2.24, 2.45) is 17.8 Å². The number of nitrogens with one attached hydrogen (secondary N) is 2. The summed E-state index contributed by atoms with van der Waals surface area (Å²) in [6.07, 6.45) is 5.17. The first-order chi connectivity index (χ1) is 16.3. The van der Waals surface area contributed by atoms with Crippen molar-refractivity contribution >= 4 is 40.5 Å². The SMILES string of the molecule is CC1CC2CC(C)CC2(c2ccc(Nc3cccc(Nc4cccc(C(=O)O)n4)c3)c(Cl)c2)C1. The Morgan fingerprint density at radius 3 is 2.32 bits per heavy atom. The van der Waals surface area contributed by atoms with Gasteiger partial charge in [0.25, 0.3) is 0 Å². The number of halogens is 1. The lowest BCUT2D eigenvalue weighted by atomic mass is 9.73. The molecule has 2 saturated carbocycles. The number of hydrogen-bond acceptors (Lipinski definition) is 4. The molecule has 0 aliphatic heterocycles. The van der Waals surface area contributed by atoms with Gasteiger partial charge in [-0.25, -0.2) is 9.78 Å². The van der Waals surface area contributed by atoms with E-state index in [1.807, 2.05) is 24.3 Å². The lowest BCUT2D eigenvalue weighted by molar-refractivity contribution is 0.0690. The third-order valence-corrected chi connectivity index (χ3v) is 7.82. The number of rotatable bonds is 6. The molecule has 1 heterocycles. The molecule has 2 aromatic carbocycles. The van der Waals surface area contributed by atoms with Gasteiger partial charge in [0, 0.05) is 11.4 Å². The highest BCUT2D eigenvalue weighted by Crippen LogP contribution is 2.59. The Morgan fingerprint density at radius 2 is 1.65 bits per heavy atom. The summed E-state index contributed by atoms with van der Waals surface area (Å²) >= 11 is 6.79. The van der Waals surface area contributed by atoms with E-state index in [2.05, 4.69) is 47.7 Å². The summed E-state index contributed by atoms with van der Waals surface area (Å²) in [5.74, 6) is 1.74. The van der Waals surface area contributed by atoms with E-state index >= 15 is 0 Å². The molecule has 2 aliphatic carbocycles. The maximum absolute atomic E-state index is 11.2. The fourth-order valence-corrected chi connectivity index (χ4v) is 6.57. The van der Waals surface area contributed by atoms with Crippen molar-refractivity contribution < 1.29 is 9.90 Å². The molecule has 3 N–H and O–H groups in total. The lowest BCUT2D eigenvalue weighted by Gasteiger charge is -2.31.